The van der Waals surface area contributed by atoms with Gasteiger partial charge in [-0.3, -0.25) is 0 Å². The first-order chi connectivity index (χ1) is 7.84. The van der Waals surface area contributed by atoms with Crippen molar-refractivity contribution in [2.24, 2.45) is 0 Å². The molecule has 1 aromatic carbocycles. The molecule has 0 fully saturated rings. The molecule has 82 valence electrons. The van der Waals surface area contributed by atoms with Crippen LogP contribution in [0.4, 0.5) is 0 Å². The van der Waals surface area contributed by atoms with E-state index in [9.17, 15) is 0 Å². The van der Waals surface area contributed by atoms with E-state index in [1.165, 1.54) is 5.56 Å². The molecule has 2 aromatic rings. The molecule has 3 heteroatoms. The highest BCUT2D eigenvalue weighted by molar-refractivity contribution is 6.30. The van der Waals surface area contributed by atoms with E-state index in [4.69, 9.17) is 11.6 Å². The Hall–Kier alpha value is -1.54. The first-order valence-corrected chi connectivity index (χ1v) is 5.61. The molecule has 2 rings (SSSR count). The van der Waals surface area contributed by atoms with Crippen molar-refractivity contribution in [3.63, 3.8) is 0 Å². The number of aromatic nitrogens is 2. The smallest absolute Gasteiger partial charge is 0.0986 e. The Bertz CT molecular complexity index is 443. The average molecular weight is 233 g/mol. The summed E-state index contributed by atoms with van der Waals surface area (Å²) in [6.45, 7) is 0. The molecule has 0 amide bonds. The second kappa shape index (κ2) is 5.52. The van der Waals surface area contributed by atoms with Crippen LogP contribution in [0, 0.1) is 0 Å². The van der Waals surface area contributed by atoms with E-state index in [2.05, 4.69) is 23.2 Å². The SMILES string of the molecule is Clc1ccc(CCC=Cn2ccnc2)cc1. The lowest BCUT2D eigenvalue weighted by molar-refractivity contribution is 0.995. The Labute approximate surface area is 100 Å². The fourth-order valence-electron chi connectivity index (χ4n) is 1.45. The second-order valence-electron chi connectivity index (χ2n) is 3.56. The van der Waals surface area contributed by atoms with Gasteiger partial charge in [-0.2, -0.15) is 0 Å². The molecule has 0 saturated heterocycles. The molecule has 0 aliphatic heterocycles. The monoisotopic (exact) mass is 232 g/mol. The average Bonchev–Trinajstić information content (AvgIpc) is 2.80. The first-order valence-electron chi connectivity index (χ1n) is 5.23. The van der Waals surface area contributed by atoms with E-state index < -0.39 is 0 Å². The highest BCUT2D eigenvalue weighted by Crippen LogP contribution is 2.11. The quantitative estimate of drug-likeness (QED) is 0.787. The number of rotatable bonds is 4. The lowest BCUT2D eigenvalue weighted by Gasteiger charge is -1.98. The summed E-state index contributed by atoms with van der Waals surface area (Å²) in [7, 11) is 0. The standard InChI is InChI=1S/C13H13ClN2/c14-13-6-4-12(5-7-13)3-1-2-9-16-10-8-15-11-16/h2,4-11H,1,3H2. The Morgan fingerprint density at radius 3 is 2.75 bits per heavy atom. The number of halogens is 1. The van der Waals surface area contributed by atoms with E-state index in [-0.39, 0.29) is 0 Å². The van der Waals surface area contributed by atoms with Gasteiger partial charge in [-0.15, -0.1) is 0 Å². The number of benzene rings is 1. The maximum absolute atomic E-state index is 5.82. The van der Waals surface area contributed by atoms with Crippen molar-refractivity contribution in [2.45, 2.75) is 12.8 Å². The number of aryl methyl sites for hydroxylation is 1. The Morgan fingerprint density at radius 1 is 1.25 bits per heavy atom. The summed E-state index contributed by atoms with van der Waals surface area (Å²) >= 11 is 5.82. The van der Waals surface area contributed by atoms with Gasteiger partial charge >= 0.3 is 0 Å². The summed E-state index contributed by atoms with van der Waals surface area (Å²) in [6.07, 6.45) is 11.7. The molecule has 0 bridgehead atoms. The normalized spacial score (nSPS) is 11.1. The molecule has 0 N–H and O–H groups in total. The molecular weight excluding hydrogens is 220 g/mol. The van der Waals surface area contributed by atoms with Crippen molar-refractivity contribution >= 4 is 17.8 Å². The van der Waals surface area contributed by atoms with Crippen LogP contribution < -0.4 is 0 Å². The topological polar surface area (TPSA) is 17.8 Å². The van der Waals surface area contributed by atoms with E-state index in [0.717, 1.165) is 17.9 Å². The fourth-order valence-corrected chi connectivity index (χ4v) is 1.58. The van der Waals surface area contributed by atoms with Crippen molar-refractivity contribution in [1.29, 1.82) is 0 Å². The maximum atomic E-state index is 5.82. The summed E-state index contributed by atoms with van der Waals surface area (Å²) in [4.78, 5) is 3.97. The van der Waals surface area contributed by atoms with Gasteiger partial charge in [0.1, 0.15) is 0 Å². The number of hydrogen-bond acceptors (Lipinski definition) is 1. The molecule has 2 nitrogen and oxygen atoms in total. The van der Waals surface area contributed by atoms with Gasteiger partial charge in [0.25, 0.3) is 0 Å². The van der Waals surface area contributed by atoms with Gasteiger partial charge in [0.15, 0.2) is 0 Å². The molecule has 0 radical (unpaired) electrons. The van der Waals surface area contributed by atoms with Gasteiger partial charge < -0.3 is 4.57 Å². The van der Waals surface area contributed by atoms with Gasteiger partial charge in [0.2, 0.25) is 0 Å². The van der Waals surface area contributed by atoms with Crippen molar-refractivity contribution < 1.29 is 0 Å². The second-order valence-corrected chi connectivity index (χ2v) is 4.00. The zero-order chi connectivity index (χ0) is 11.2. The van der Waals surface area contributed by atoms with Crippen LogP contribution in [-0.2, 0) is 6.42 Å². The summed E-state index contributed by atoms with van der Waals surface area (Å²) < 4.78 is 1.93. The summed E-state index contributed by atoms with van der Waals surface area (Å²) in [5.41, 5.74) is 1.31. The first kappa shape index (κ1) is 11.0. The van der Waals surface area contributed by atoms with Crippen LogP contribution in [0.3, 0.4) is 0 Å². The molecule has 0 aliphatic carbocycles. The summed E-state index contributed by atoms with van der Waals surface area (Å²) in [5.74, 6) is 0. The van der Waals surface area contributed by atoms with Crippen LogP contribution in [-0.4, -0.2) is 9.55 Å². The zero-order valence-corrected chi connectivity index (χ0v) is 9.64. The number of nitrogens with zero attached hydrogens (tertiary/aromatic N) is 2. The highest BCUT2D eigenvalue weighted by atomic mass is 35.5. The zero-order valence-electron chi connectivity index (χ0n) is 8.88. The fraction of sp³-hybridized carbons (Fsp3) is 0.154. The molecular formula is C13H13ClN2. The van der Waals surface area contributed by atoms with Crippen molar-refractivity contribution in [3.8, 4) is 0 Å². The number of hydrogen-bond donors (Lipinski definition) is 0. The van der Waals surface area contributed by atoms with Crippen LogP contribution >= 0.6 is 11.6 Å². The Kier molecular flexibility index (Phi) is 3.78. The van der Waals surface area contributed by atoms with Gasteiger partial charge in [-0.05, 0) is 30.5 Å². The van der Waals surface area contributed by atoms with E-state index in [1.807, 2.05) is 29.1 Å². The minimum Gasteiger partial charge on any atom is -0.313 e. The van der Waals surface area contributed by atoms with Crippen molar-refractivity contribution in [1.82, 2.24) is 9.55 Å². The summed E-state index contributed by atoms with van der Waals surface area (Å²) in [6, 6.07) is 7.98. The van der Waals surface area contributed by atoms with Crippen molar-refractivity contribution in [3.05, 3.63) is 59.6 Å². The van der Waals surface area contributed by atoms with Crippen molar-refractivity contribution in [2.75, 3.05) is 0 Å². The molecule has 1 heterocycles. The number of imidazole rings is 1. The maximum Gasteiger partial charge on any atom is 0.0986 e. The third kappa shape index (κ3) is 3.24. The van der Waals surface area contributed by atoms with E-state index in [0.29, 0.717) is 0 Å². The lowest BCUT2D eigenvalue weighted by Crippen LogP contribution is -1.83. The minimum atomic E-state index is 0.790. The largest absolute Gasteiger partial charge is 0.313 e. The Balaban J connectivity index is 1.82. The van der Waals surface area contributed by atoms with Gasteiger partial charge in [0.05, 0.1) is 6.33 Å². The molecule has 1 aromatic heterocycles. The lowest BCUT2D eigenvalue weighted by atomic mass is 10.1. The predicted octanol–water partition coefficient (Wildman–Crippen LogP) is 3.64. The molecule has 0 atom stereocenters. The molecule has 0 aliphatic rings. The van der Waals surface area contributed by atoms with Crippen LogP contribution in [0.5, 0.6) is 0 Å². The molecule has 16 heavy (non-hydrogen) atoms. The Morgan fingerprint density at radius 2 is 2.06 bits per heavy atom. The third-order valence-electron chi connectivity index (χ3n) is 2.32. The number of allylic oxidation sites excluding steroid dienone is 1. The van der Waals surface area contributed by atoms with Crippen LogP contribution in [0.15, 0.2) is 49.1 Å². The predicted molar refractivity (Wildman–Crippen MR) is 67.3 cm³/mol. The van der Waals surface area contributed by atoms with Crippen LogP contribution in [0.1, 0.15) is 12.0 Å². The molecule has 0 saturated carbocycles. The van der Waals surface area contributed by atoms with Gasteiger partial charge in [-0.25, -0.2) is 4.98 Å². The van der Waals surface area contributed by atoms with Crippen LogP contribution in [0.25, 0.3) is 6.20 Å². The van der Waals surface area contributed by atoms with Gasteiger partial charge in [0, 0.05) is 23.6 Å². The summed E-state index contributed by atoms with van der Waals surface area (Å²) in [5, 5.41) is 0.790. The van der Waals surface area contributed by atoms with Crippen LogP contribution in [0.2, 0.25) is 5.02 Å². The van der Waals surface area contributed by atoms with E-state index >= 15 is 0 Å². The molecule has 0 spiro atoms. The van der Waals surface area contributed by atoms with Gasteiger partial charge in [-0.1, -0.05) is 29.8 Å². The molecule has 0 unspecified atom stereocenters. The third-order valence-corrected chi connectivity index (χ3v) is 2.57. The van der Waals surface area contributed by atoms with E-state index in [1.54, 1.807) is 12.5 Å². The highest BCUT2D eigenvalue weighted by Gasteiger charge is 1.91. The minimum absolute atomic E-state index is 0.790.